The minimum absolute atomic E-state index is 0.331. The first-order chi connectivity index (χ1) is 12.3. The Morgan fingerprint density at radius 1 is 1.24 bits per heavy atom. The van der Waals surface area contributed by atoms with Gasteiger partial charge in [-0.1, -0.05) is 30.3 Å². The number of rotatable bonds is 4. The zero-order chi connectivity index (χ0) is 17.4. The van der Waals surface area contributed by atoms with Gasteiger partial charge in [-0.25, -0.2) is 4.79 Å². The molecular weight excluding hydrogens is 334 g/mol. The van der Waals surface area contributed by atoms with Gasteiger partial charge in [0, 0.05) is 17.0 Å². The summed E-state index contributed by atoms with van der Waals surface area (Å²) in [6.45, 7) is 2.90. The van der Waals surface area contributed by atoms with Crippen LogP contribution in [-0.4, -0.2) is 24.3 Å². The lowest BCUT2D eigenvalue weighted by Crippen LogP contribution is -2.18. The molecule has 0 saturated carbocycles. The molecule has 4 rings (SSSR count). The van der Waals surface area contributed by atoms with Crippen molar-refractivity contribution in [2.24, 2.45) is 0 Å². The summed E-state index contributed by atoms with van der Waals surface area (Å²) in [5.41, 5.74) is 4.99. The molecule has 0 atom stereocenters. The van der Waals surface area contributed by atoms with Gasteiger partial charge in [-0.3, -0.25) is 0 Å². The first kappa shape index (κ1) is 16.0. The van der Waals surface area contributed by atoms with E-state index >= 15 is 0 Å². The highest BCUT2D eigenvalue weighted by Gasteiger charge is 2.33. The number of benzene rings is 1. The van der Waals surface area contributed by atoms with Gasteiger partial charge in [0.2, 0.25) is 0 Å². The standard InChI is InChI=1S/C20H19NO3S/c1-3-24-20(22)18-19(23-2)16(15-9-6-12-25-15)17-14-8-5-4-7-13(14)10-11-21(17)18/h4-9,12H,3,10-11H2,1-2H3. The minimum Gasteiger partial charge on any atom is -0.494 e. The number of methoxy groups -OCH3 is 1. The molecule has 25 heavy (non-hydrogen) atoms. The fourth-order valence-electron chi connectivity index (χ4n) is 3.55. The summed E-state index contributed by atoms with van der Waals surface area (Å²) in [5.74, 6) is 0.274. The molecule has 0 radical (unpaired) electrons. The van der Waals surface area contributed by atoms with Gasteiger partial charge in [0.25, 0.3) is 0 Å². The molecule has 0 aliphatic carbocycles. The molecule has 128 valence electrons. The van der Waals surface area contributed by atoms with E-state index in [1.54, 1.807) is 18.4 Å². The fraction of sp³-hybridized carbons (Fsp3) is 0.250. The SMILES string of the molecule is CCOC(=O)c1c(OC)c(-c2cccs2)c2n1CCc1ccccc1-2. The molecule has 1 aliphatic heterocycles. The van der Waals surface area contributed by atoms with Crippen LogP contribution in [0.1, 0.15) is 23.0 Å². The summed E-state index contributed by atoms with van der Waals surface area (Å²) < 4.78 is 13.1. The zero-order valence-electron chi connectivity index (χ0n) is 14.2. The summed E-state index contributed by atoms with van der Waals surface area (Å²) in [4.78, 5) is 13.8. The van der Waals surface area contributed by atoms with E-state index in [1.807, 2.05) is 24.4 Å². The van der Waals surface area contributed by atoms with Gasteiger partial charge in [0.15, 0.2) is 11.4 Å². The van der Waals surface area contributed by atoms with E-state index in [0.29, 0.717) is 18.1 Å². The van der Waals surface area contributed by atoms with Gasteiger partial charge in [0.05, 0.1) is 25.0 Å². The Labute approximate surface area is 150 Å². The van der Waals surface area contributed by atoms with Crippen molar-refractivity contribution in [2.75, 3.05) is 13.7 Å². The van der Waals surface area contributed by atoms with Crippen LogP contribution in [0.3, 0.4) is 0 Å². The Kier molecular flexibility index (Phi) is 4.09. The quantitative estimate of drug-likeness (QED) is 0.642. The number of esters is 1. The molecule has 1 aliphatic rings. The number of ether oxygens (including phenoxy) is 2. The lowest BCUT2D eigenvalue weighted by Gasteiger charge is -2.21. The molecule has 0 spiro atoms. The Balaban J connectivity index is 2.06. The first-order valence-corrected chi connectivity index (χ1v) is 9.24. The van der Waals surface area contributed by atoms with E-state index < -0.39 is 0 Å². The van der Waals surface area contributed by atoms with Crippen molar-refractivity contribution >= 4 is 17.3 Å². The molecule has 0 bridgehead atoms. The van der Waals surface area contributed by atoms with E-state index in [4.69, 9.17) is 9.47 Å². The van der Waals surface area contributed by atoms with Crippen LogP contribution >= 0.6 is 11.3 Å². The van der Waals surface area contributed by atoms with Crippen molar-refractivity contribution in [1.29, 1.82) is 0 Å². The molecule has 0 N–H and O–H groups in total. The molecule has 5 heteroatoms. The van der Waals surface area contributed by atoms with Gasteiger partial charge in [-0.05, 0) is 30.4 Å². The second-order valence-electron chi connectivity index (χ2n) is 5.86. The minimum atomic E-state index is -0.331. The summed E-state index contributed by atoms with van der Waals surface area (Å²) in [6.07, 6.45) is 0.886. The molecule has 0 saturated heterocycles. The summed E-state index contributed by atoms with van der Waals surface area (Å²) in [5, 5.41) is 2.04. The van der Waals surface area contributed by atoms with Gasteiger partial charge in [-0.2, -0.15) is 0 Å². The third-order valence-corrected chi connectivity index (χ3v) is 5.42. The number of carbonyl (C=O) groups excluding carboxylic acids is 1. The van der Waals surface area contributed by atoms with Crippen LogP contribution in [0, 0.1) is 0 Å². The number of hydrogen-bond donors (Lipinski definition) is 0. The van der Waals surface area contributed by atoms with Crippen molar-refractivity contribution in [3.63, 3.8) is 0 Å². The molecule has 4 nitrogen and oxygen atoms in total. The second kappa shape index (κ2) is 6.41. The molecular formula is C20H19NO3S. The summed E-state index contributed by atoms with van der Waals surface area (Å²) in [6, 6.07) is 12.5. The van der Waals surface area contributed by atoms with Gasteiger partial charge < -0.3 is 14.0 Å². The average molecular weight is 353 g/mol. The largest absolute Gasteiger partial charge is 0.494 e. The highest BCUT2D eigenvalue weighted by Crippen LogP contribution is 2.48. The number of carbonyl (C=O) groups is 1. The molecule has 1 aromatic carbocycles. The predicted octanol–water partition coefficient (Wildman–Crippen LogP) is 4.63. The zero-order valence-corrected chi connectivity index (χ0v) is 15.1. The number of aryl methyl sites for hydroxylation is 1. The molecule has 2 aromatic heterocycles. The van der Waals surface area contributed by atoms with Gasteiger partial charge in [0.1, 0.15) is 0 Å². The predicted molar refractivity (Wildman–Crippen MR) is 99.4 cm³/mol. The number of hydrogen-bond acceptors (Lipinski definition) is 4. The van der Waals surface area contributed by atoms with Crippen LogP contribution in [0.4, 0.5) is 0 Å². The van der Waals surface area contributed by atoms with Gasteiger partial charge >= 0.3 is 5.97 Å². The van der Waals surface area contributed by atoms with Crippen LogP contribution in [-0.2, 0) is 17.7 Å². The summed E-state index contributed by atoms with van der Waals surface area (Å²) >= 11 is 1.65. The Hall–Kier alpha value is -2.53. The van der Waals surface area contributed by atoms with Crippen molar-refractivity contribution in [1.82, 2.24) is 4.57 Å². The first-order valence-electron chi connectivity index (χ1n) is 8.36. The summed E-state index contributed by atoms with van der Waals surface area (Å²) in [7, 11) is 1.62. The lowest BCUT2D eigenvalue weighted by atomic mass is 9.96. The lowest BCUT2D eigenvalue weighted by molar-refractivity contribution is 0.0510. The molecule has 3 aromatic rings. The fourth-order valence-corrected chi connectivity index (χ4v) is 4.32. The van der Waals surface area contributed by atoms with Crippen LogP contribution < -0.4 is 4.74 Å². The maximum Gasteiger partial charge on any atom is 0.358 e. The van der Waals surface area contributed by atoms with Crippen molar-refractivity contribution in [3.8, 4) is 27.4 Å². The van der Waals surface area contributed by atoms with E-state index in [-0.39, 0.29) is 5.97 Å². The van der Waals surface area contributed by atoms with E-state index in [1.165, 1.54) is 5.56 Å². The molecule has 0 fully saturated rings. The van der Waals surface area contributed by atoms with E-state index in [9.17, 15) is 4.79 Å². The topological polar surface area (TPSA) is 40.5 Å². The third kappa shape index (κ3) is 2.46. The molecule has 0 amide bonds. The van der Waals surface area contributed by atoms with Crippen LogP contribution in [0.15, 0.2) is 41.8 Å². The highest BCUT2D eigenvalue weighted by molar-refractivity contribution is 7.13. The maximum atomic E-state index is 12.7. The third-order valence-electron chi connectivity index (χ3n) is 4.54. The Morgan fingerprint density at radius 2 is 2.08 bits per heavy atom. The highest BCUT2D eigenvalue weighted by atomic mass is 32.1. The van der Waals surface area contributed by atoms with Crippen LogP contribution in [0.25, 0.3) is 21.7 Å². The number of thiophene rings is 1. The van der Waals surface area contributed by atoms with Crippen LogP contribution in [0.5, 0.6) is 5.75 Å². The van der Waals surface area contributed by atoms with Crippen molar-refractivity contribution < 1.29 is 14.3 Å². The van der Waals surface area contributed by atoms with Gasteiger partial charge in [-0.15, -0.1) is 11.3 Å². The normalized spacial score (nSPS) is 12.4. The monoisotopic (exact) mass is 353 g/mol. The van der Waals surface area contributed by atoms with E-state index in [0.717, 1.165) is 34.7 Å². The molecule has 3 heterocycles. The van der Waals surface area contributed by atoms with Crippen molar-refractivity contribution in [3.05, 3.63) is 53.0 Å². The smallest absolute Gasteiger partial charge is 0.358 e. The number of aromatic nitrogens is 1. The average Bonchev–Trinajstić information content (AvgIpc) is 3.26. The number of fused-ring (bicyclic) bond motifs is 3. The number of nitrogens with zero attached hydrogens (tertiary/aromatic N) is 1. The van der Waals surface area contributed by atoms with Crippen LogP contribution in [0.2, 0.25) is 0 Å². The van der Waals surface area contributed by atoms with E-state index in [2.05, 4.69) is 28.8 Å². The Bertz CT molecular complexity index is 925. The second-order valence-corrected chi connectivity index (χ2v) is 6.81. The van der Waals surface area contributed by atoms with Crippen molar-refractivity contribution in [2.45, 2.75) is 19.9 Å². The maximum absolute atomic E-state index is 12.7. The Morgan fingerprint density at radius 3 is 2.80 bits per heavy atom. The molecule has 0 unspecified atom stereocenters.